The van der Waals surface area contributed by atoms with Crippen LogP contribution in [0.4, 0.5) is 4.39 Å². The summed E-state index contributed by atoms with van der Waals surface area (Å²) in [5, 5.41) is 2.75. The van der Waals surface area contributed by atoms with Gasteiger partial charge in [-0.2, -0.15) is 0 Å². The van der Waals surface area contributed by atoms with Crippen LogP contribution in [0.3, 0.4) is 0 Å². The van der Waals surface area contributed by atoms with Gasteiger partial charge >= 0.3 is 0 Å². The minimum atomic E-state index is -3.44. The van der Waals surface area contributed by atoms with Gasteiger partial charge in [-0.15, -0.1) is 0 Å². The molecule has 0 aliphatic carbocycles. The molecule has 0 spiro atoms. The second kappa shape index (κ2) is 9.48. The fraction of sp³-hybridized carbons (Fsp3) is 0.350. The highest BCUT2D eigenvalue weighted by Crippen LogP contribution is 2.13. The van der Waals surface area contributed by atoms with E-state index in [0.717, 1.165) is 30.4 Å². The highest BCUT2D eigenvalue weighted by atomic mass is 32.2. The van der Waals surface area contributed by atoms with Crippen molar-refractivity contribution >= 4 is 15.7 Å². The first kappa shape index (κ1) is 20.1. The molecule has 0 saturated carbocycles. The van der Waals surface area contributed by atoms with Crippen molar-refractivity contribution in [2.75, 3.05) is 12.3 Å². The summed E-state index contributed by atoms with van der Waals surface area (Å²) in [6.45, 7) is 2.39. The summed E-state index contributed by atoms with van der Waals surface area (Å²) in [5.41, 5.74) is 2.05. The molecule has 0 bridgehead atoms. The molecule has 1 amide bonds. The zero-order chi connectivity index (χ0) is 19.0. The molecule has 0 radical (unpaired) electrons. The Hall–Kier alpha value is -2.21. The van der Waals surface area contributed by atoms with Gasteiger partial charge in [-0.05, 0) is 56.0 Å². The van der Waals surface area contributed by atoms with E-state index in [1.54, 1.807) is 36.4 Å². The number of hydrogen-bond donors (Lipinski definition) is 1. The summed E-state index contributed by atoms with van der Waals surface area (Å²) >= 11 is 0. The topological polar surface area (TPSA) is 63.2 Å². The van der Waals surface area contributed by atoms with Crippen LogP contribution in [0.25, 0.3) is 0 Å². The summed E-state index contributed by atoms with van der Waals surface area (Å²) in [6, 6.07) is 13.0. The van der Waals surface area contributed by atoms with E-state index >= 15 is 0 Å². The van der Waals surface area contributed by atoms with E-state index in [1.165, 1.54) is 12.1 Å². The molecule has 4 nitrogen and oxygen atoms in total. The lowest BCUT2D eigenvalue weighted by molar-refractivity contribution is -0.120. The summed E-state index contributed by atoms with van der Waals surface area (Å²) in [4.78, 5) is 12.1. The van der Waals surface area contributed by atoms with Crippen LogP contribution >= 0.6 is 0 Å². The van der Waals surface area contributed by atoms with Gasteiger partial charge in [0, 0.05) is 13.0 Å². The number of hydrogen-bond acceptors (Lipinski definition) is 3. The zero-order valence-electron chi connectivity index (χ0n) is 14.9. The molecule has 0 heterocycles. The molecule has 2 rings (SSSR count). The number of sulfone groups is 1. The molecule has 26 heavy (non-hydrogen) atoms. The molecule has 0 unspecified atom stereocenters. The second-order valence-corrected chi connectivity index (χ2v) is 8.42. The lowest BCUT2D eigenvalue weighted by Gasteiger charge is -2.07. The summed E-state index contributed by atoms with van der Waals surface area (Å²) in [5.74, 6) is -0.707. The maximum absolute atomic E-state index is 12.8. The van der Waals surface area contributed by atoms with Crippen molar-refractivity contribution in [3.8, 4) is 0 Å². The summed E-state index contributed by atoms with van der Waals surface area (Å²) < 4.78 is 37.2. The first-order valence-electron chi connectivity index (χ1n) is 8.67. The minimum Gasteiger partial charge on any atom is -0.356 e. The molecular formula is C20H24FNO3S. The van der Waals surface area contributed by atoms with Crippen LogP contribution in [0.1, 0.15) is 30.4 Å². The monoisotopic (exact) mass is 377 g/mol. The van der Waals surface area contributed by atoms with Gasteiger partial charge < -0.3 is 5.32 Å². The Bertz CT molecular complexity index is 815. The Kier molecular flexibility index (Phi) is 7.33. The normalized spacial score (nSPS) is 11.3. The number of carbonyl (C=O) groups excluding carboxylic acids is 1. The lowest BCUT2D eigenvalue weighted by atomic mass is 10.1. The van der Waals surface area contributed by atoms with Gasteiger partial charge in [0.15, 0.2) is 9.84 Å². The van der Waals surface area contributed by atoms with Crippen LogP contribution in [0, 0.1) is 12.7 Å². The largest absolute Gasteiger partial charge is 0.356 e. The van der Waals surface area contributed by atoms with Crippen LogP contribution in [0.5, 0.6) is 0 Å². The quantitative estimate of drug-likeness (QED) is 0.681. The number of aryl methyl sites for hydroxylation is 2. The van der Waals surface area contributed by atoms with Gasteiger partial charge in [-0.3, -0.25) is 4.79 Å². The van der Waals surface area contributed by atoms with Crippen molar-refractivity contribution in [3.05, 3.63) is 65.5 Å². The van der Waals surface area contributed by atoms with E-state index in [1.807, 2.05) is 6.92 Å². The molecule has 0 atom stereocenters. The molecule has 140 valence electrons. The van der Waals surface area contributed by atoms with Crippen LogP contribution in [-0.2, 0) is 21.1 Å². The predicted octanol–water partition coefficient (Wildman–Crippen LogP) is 3.44. The van der Waals surface area contributed by atoms with Crippen LogP contribution in [0.15, 0.2) is 53.4 Å². The number of unbranched alkanes of at least 4 members (excludes halogenated alkanes) is 1. The SMILES string of the molecule is Cc1ccc(S(=O)(=O)CCC(=O)NCCCCc2ccc(F)cc2)cc1. The van der Waals surface area contributed by atoms with Crippen LogP contribution in [-0.4, -0.2) is 26.6 Å². The standard InChI is InChI=1S/C20H24FNO3S/c1-16-5-11-19(12-6-16)26(24,25)15-13-20(23)22-14-3-2-4-17-7-9-18(21)10-8-17/h5-12H,2-4,13-15H2,1H3,(H,22,23). The van der Waals surface area contributed by atoms with E-state index in [2.05, 4.69) is 5.32 Å². The van der Waals surface area contributed by atoms with Crippen molar-refractivity contribution in [1.29, 1.82) is 0 Å². The molecule has 6 heteroatoms. The van der Waals surface area contributed by atoms with Gasteiger partial charge in [0.1, 0.15) is 5.82 Å². The average Bonchev–Trinajstić information content (AvgIpc) is 2.62. The molecule has 2 aromatic carbocycles. The first-order valence-corrected chi connectivity index (χ1v) is 10.3. The maximum atomic E-state index is 12.8. The van der Waals surface area contributed by atoms with Gasteiger partial charge in [0.25, 0.3) is 0 Å². The lowest BCUT2D eigenvalue weighted by Crippen LogP contribution is -2.26. The van der Waals surface area contributed by atoms with E-state index in [4.69, 9.17) is 0 Å². The Labute approximate surface area is 154 Å². The van der Waals surface area contributed by atoms with Gasteiger partial charge in [0.2, 0.25) is 5.91 Å². The third-order valence-electron chi connectivity index (χ3n) is 4.11. The van der Waals surface area contributed by atoms with Gasteiger partial charge in [-0.1, -0.05) is 29.8 Å². The number of benzene rings is 2. The van der Waals surface area contributed by atoms with Crippen LogP contribution < -0.4 is 5.32 Å². The Balaban J connectivity index is 1.65. The highest BCUT2D eigenvalue weighted by Gasteiger charge is 2.16. The molecule has 0 aliphatic heterocycles. The number of carbonyl (C=O) groups is 1. The van der Waals surface area contributed by atoms with Crippen molar-refractivity contribution < 1.29 is 17.6 Å². The van der Waals surface area contributed by atoms with Crippen molar-refractivity contribution in [1.82, 2.24) is 5.32 Å². The number of halogens is 1. The third-order valence-corrected chi connectivity index (χ3v) is 5.84. The summed E-state index contributed by atoms with van der Waals surface area (Å²) in [7, 11) is -3.44. The van der Waals surface area contributed by atoms with Gasteiger partial charge in [0.05, 0.1) is 10.6 Å². The Morgan fingerprint density at radius 1 is 1.00 bits per heavy atom. The number of rotatable bonds is 9. The van der Waals surface area contributed by atoms with E-state index in [-0.39, 0.29) is 28.8 Å². The molecule has 0 aliphatic rings. The van der Waals surface area contributed by atoms with Gasteiger partial charge in [-0.25, -0.2) is 12.8 Å². The van der Waals surface area contributed by atoms with Crippen molar-refractivity contribution in [2.24, 2.45) is 0 Å². The number of nitrogens with one attached hydrogen (secondary N) is 1. The molecule has 0 fully saturated rings. The molecule has 2 aromatic rings. The second-order valence-electron chi connectivity index (χ2n) is 6.32. The Morgan fingerprint density at radius 3 is 2.31 bits per heavy atom. The fourth-order valence-electron chi connectivity index (χ4n) is 2.51. The Morgan fingerprint density at radius 2 is 1.65 bits per heavy atom. The predicted molar refractivity (Wildman–Crippen MR) is 100 cm³/mol. The van der Waals surface area contributed by atoms with E-state index < -0.39 is 9.84 Å². The summed E-state index contributed by atoms with van der Waals surface area (Å²) in [6.07, 6.45) is 2.42. The first-order chi connectivity index (χ1) is 12.4. The molecule has 0 saturated heterocycles. The van der Waals surface area contributed by atoms with E-state index in [0.29, 0.717) is 6.54 Å². The molecular weight excluding hydrogens is 353 g/mol. The minimum absolute atomic E-state index is 0.0474. The smallest absolute Gasteiger partial charge is 0.221 e. The van der Waals surface area contributed by atoms with Crippen molar-refractivity contribution in [3.63, 3.8) is 0 Å². The maximum Gasteiger partial charge on any atom is 0.221 e. The zero-order valence-corrected chi connectivity index (χ0v) is 15.7. The highest BCUT2D eigenvalue weighted by molar-refractivity contribution is 7.91. The average molecular weight is 377 g/mol. The van der Waals surface area contributed by atoms with E-state index in [9.17, 15) is 17.6 Å². The molecule has 0 aromatic heterocycles. The van der Waals surface area contributed by atoms with Crippen molar-refractivity contribution in [2.45, 2.75) is 37.5 Å². The fourth-order valence-corrected chi connectivity index (χ4v) is 3.75. The van der Waals surface area contributed by atoms with Crippen LogP contribution in [0.2, 0.25) is 0 Å². The third kappa shape index (κ3) is 6.59. The number of amides is 1. The molecule has 1 N–H and O–H groups in total.